The Bertz CT molecular complexity index is 657. The van der Waals surface area contributed by atoms with E-state index >= 15 is 0 Å². The van der Waals surface area contributed by atoms with Crippen LogP contribution in [0.4, 0.5) is 5.69 Å². The number of anilines is 1. The molecule has 23 heavy (non-hydrogen) atoms. The van der Waals surface area contributed by atoms with E-state index in [9.17, 15) is 0 Å². The molecular formula is C16H22N4O2S. The molecule has 1 heterocycles. The molecule has 0 fully saturated rings. The van der Waals surface area contributed by atoms with Crippen LogP contribution in [0, 0.1) is 6.92 Å². The summed E-state index contributed by atoms with van der Waals surface area (Å²) in [5.41, 5.74) is 1.80. The summed E-state index contributed by atoms with van der Waals surface area (Å²) in [6.07, 6.45) is 2.91. The minimum atomic E-state index is 0.549. The fraction of sp³-hybridized carbons (Fsp3) is 0.375. The number of hydrogen-bond donors (Lipinski definition) is 2. The Balaban J connectivity index is 1.80. The van der Waals surface area contributed by atoms with E-state index in [4.69, 9.17) is 21.7 Å². The number of ether oxygens (including phenoxy) is 2. The highest BCUT2D eigenvalue weighted by molar-refractivity contribution is 7.80. The van der Waals surface area contributed by atoms with Crippen molar-refractivity contribution in [2.24, 2.45) is 0 Å². The number of hydrogen-bond acceptors (Lipinski definition) is 4. The number of aromatic nitrogens is 2. The van der Waals surface area contributed by atoms with Gasteiger partial charge >= 0.3 is 0 Å². The van der Waals surface area contributed by atoms with E-state index in [1.165, 1.54) is 0 Å². The lowest BCUT2D eigenvalue weighted by Gasteiger charge is -2.14. The third-order valence-electron chi connectivity index (χ3n) is 3.28. The third kappa shape index (κ3) is 5.14. The first kappa shape index (κ1) is 17.1. The van der Waals surface area contributed by atoms with Gasteiger partial charge in [-0.15, -0.1) is 0 Å². The molecule has 2 aromatic rings. The molecule has 7 heteroatoms. The topological polar surface area (TPSA) is 60.3 Å². The van der Waals surface area contributed by atoms with Crippen LogP contribution in [0.15, 0.2) is 30.5 Å². The SMILES string of the molecule is COc1ccc(OC)c(NC(=S)NCCCn2ccc(C)n2)c1. The van der Waals surface area contributed by atoms with Gasteiger partial charge in [0.2, 0.25) is 0 Å². The van der Waals surface area contributed by atoms with Gasteiger partial charge in [0.25, 0.3) is 0 Å². The van der Waals surface area contributed by atoms with Crippen molar-refractivity contribution >= 4 is 23.0 Å². The second-order valence-corrected chi connectivity index (χ2v) is 5.43. The van der Waals surface area contributed by atoms with Crippen LogP contribution >= 0.6 is 12.2 Å². The molecule has 6 nitrogen and oxygen atoms in total. The van der Waals surface area contributed by atoms with Gasteiger partial charge in [-0.1, -0.05) is 0 Å². The van der Waals surface area contributed by atoms with Crippen molar-refractivity contribution < 1.29 is 9.47 Å². The molecule has 0 amide bonds. The maximum absolute atomic E-state index is 5.32. The summed E-state index contributed by atoms with van der Waals surface area (Å²) < 4.78 is 12.5. The van der Waals surface area contributed by atoms with Gasteiger partial charge in [0, 0.05) is 25.4 Å². The highest BCUT2D eigenvalue weighted by Gasteiger charge is 2.06. The normalized spacial score (nSPS) is 10.2. The molecule has 0 aliphatic carbocycles. The average Bonchev–Trinajstić information content (AvgIpc) is 2.97. The van der Waals surface area contributed by atoms with Gasteiger partial charge in [-0.25, -0.2) is 0 Å². The molecule has 1 aromatic carbocycles. The summed E-state index contributed by atoms with van der Waals surface area (Å²) in [6, 6.07) is 7.52. The second kappa shape index (κ2) is 8.38. The Kier molecular flexibility index (Phi) is 6.22. The second-order valence-electron chi connectivity index (χ2n) is 5.02. The van der Waals surface area contributed by atoms with Crippen LogP contribution in [0.3, 0.4) is 0 Å². The van der Waals surface area contributed by atoms with E-state index in [1.54, 1.807) is 14.2 Å². The minimum Gasteiger partial charge on any atom is -0.497 e. The maximum atomic E-state index is 5.32. The quantitative estimate of drug-likeness (QED) is 0.599. The first-order chi connectivity index (χ1) is 11.1. The third-order valence-corrected chi connectivity index (χ3v) is 3.52. The fourth-order valence-corrected chi connectivity index (χ4v) is 2.32. The van der Waals surface area contributed by atoms with Crippen LogP contribution in [0.2, 0.25) is 0 Å². The van der Waals surface area contributed by atoms with Crippen molar-refractivity contribution in [3.05, 3.63) is 36.2 Å². The van der Waals surface area contributed by atoms with Crippen LogP contribution < -0.4 is 20.1 Å². The predicted octanol–water partition coefficient (Wildman–Crippen LogP) is 2.59. The lowest BCUT2D eigenvalue weighted by atomic mass is 10.2. The van der Waals surface area contributed by atoms with Crippen molar-refractivity contribution in [1.29, 1.82) is 0 Å². The summed E-state index contributed by atoms with van der Waals surface area (Å²) in [6.45, 7) is 3.60. The van der Waals surface area contributed by atoms with Gasteiger partial charge in [-0.05, 0) is 43.8 Å². The Morgan fingerprint density at radius 1 is 1.26 bits per heavy atom. The van der Waals surface area contributed by atoms with E-state index in [2.05, 4.69) is 15.7 Å². The van der Waals surface area contributed by atoms with Gasteiger partial charge < -0.3 is 20.1 Å². The van der Waals surface area contributed by atoms with Crippen molar-refractivity contribution in [1.82, 2.24) is 15.1 Å². The zero-order valence-electron chi connectivity index (χ0n) is 13.6. The van der Waals surface area contributed by atoms with Crippen LogP contribution in [-0.2, 0) is 6.54 Å². The van der Waals surface area contributed by atoms with Crippen molar-refractivity contribution in [3.63, 3.8) is 0 Å². The number of rotatable bonds is 7. The van der Waals surface area contributed by atoms with Gasteiger partial charge in [-0.3, -0.25) is 4.68 Å². The summed E-state index contributed by atoms with van der Waals surface area (Å²) in [7, 11) is 3.24. The van der Waals surface area contributed by atoms with E-state index in [-0.39, 0.29) is 0 Å². The summed E-state index contributed by atoms with van der Waals surface area (Å²) in [5, 5.41) is 11.2. The molecule has 0 saturated carbocycles. The molecule has 2 N–H and O–H groups in total. The predicted molar refractivity (Wildman–Crippen MR) is 95.4 cm³/mol. The first-order valence-electron chi connectivity index (χ1n) is 7.39. The van der Waals surface area contributed by atoms with E-state index in [0.717, 1.165) is 36.6 Å². The monoisotopic (exact) mass is 334 g/mol. The molecule has 124 valence electrons. The number of nitrogens with one attached hydrogen (secondary N) is 2. The molecule has 1 aromatic heterocycles. The number of benzene rings is 1. The smallest absolute Gasteiger partial charge is 0.170 e. The lowest BCUT2D eigenvalue weighted by Crippen LogP contribution is -2.30. The Morgan fingerprint density at radius 3 is 2.74 bits per heavy atom. The standard InChI is InChI=1S/C16H22N4O2S/c1-12-7-10-20(19-12)9-4-8-17-16(23)18-14-11-13(21-2)5-6-15(14)22-3/h5-7,10-11H,4,8-9H2,1-3H3,(H2,17,18,23). The largest absolute Gasteiger partial charge is 0.497 e. The number of thiocarbonyl (C=S) groups is 1. The number of aryl methyl sites for hydroxylation is 2. The summed E-state index contributed by atoms with van der Waals surface area (Å²) >= 11 is 5.32. The Labute approximate surface area is 141 Å². The van der Waals surface area contributed by atoms with Gasteiger partial charge in [-0.2, -0.15) is 5.10 Å². The zero-order valence-corrected chi connectivity index (χ0v) is 14.4. The van der Waals surface area contributed by atoms with Gasteiger partial charge in [0.15, 0.2) is 5.11 Å². The van der Waals surface area contributed by atoms with Gasteiger partial charge in [0.05, 0.1) is 25.6 Å². The molecule has 0 radical (unpaired) electrons. The molecular weight excluding hydrogens is 312 g/mol. The van der Waals surface area contributed by atoms with E-state index in [1.807, 2.05) is 42.1 Å². The first-order valence-corrected chi connectivity index (χ1v) is 7.80. The summed E-state index contributed by atoms with van der Waals surface area (Å²) in [4.78, 5) is 0. The van der Waals surface area contributed by atoms with Crippen molar-refractivity contribution in [2.45, 2.75) is 19.9 Å². The highest BCUT2D eigenvalue weighted by Crippen LogP contribution is 2.28. The summed E-state index contributed by atoms with van der Waals surface area (Å²) in [5.74, 6) is 1.45. The molecule has 0 atom stereocenters. The Morgan fingerprint density at radius 2 is 2.09 bits per heavy atom. The molecule has 0 unspecified atom stereocenters. The molecule has 2 rings (SSSR count). The molecule has 0 aliphatic heterocycles. The molecule has 0 spiro atoms. The van der Waals surface area contributed by atoms with Crippen molar-refractivity contribution in [3.8, 4) is 11.5 Å². The highest BCUT2D eigenvalue weighted by atomic mass is 32.1. The van der Waals surface area contributed by atoms with Gasteiger partial charge in [0.1, 0.15) is 11.5 Å². The Hall–Kier alpha value is -2.28. The van der Waals surface area contributed by atoms with Crippen LogP contribution in [0.1, 0.15) is 12.1 Å². The molecule has 0 bridgehead atoms. The lowest BCUT2D eigenvalue weighted by molar-refractivity contribution is 0.405. The van der Waals surface area contributed by atoms with E-state index < -0.39 is 0 Å². The van der Waals surface area contributed by atoms with Crippen LogP contribution in [0.25, 0.3) is 0 Å². The molecule has 0 saturated heterocycles. The zero-order chi connectivity index (χ0) is 16.7. The van der Waals surface area contributed by atoms with E-state index in [0.29, 0.717) is 10.9 Å². The average molecular weight is 334 g/mol. The fourth-order valence-electron chi connectivity index (χ4n) is 2.11. The molecule has 0 aliphatic rings. The minimum absolute atomic E-state index is 0.549. The number of nitrogens with zero attached hydrogens (tertiary/aromatic N) is 2. The number of methoxy groups -OCH3 is 2. The van der Waals surface area contributed by atoms with Crippen molar-refractivity contribution in [2.75, 3.05) is 26.1 Å². The maximum Gasteiger partial charge on any atom is 0.170 e. The van der Waals surface area contributed by atoms with Crippen LogP contribution in [0.5, 0.6) is 11.5 Å². The van der Waals surface area contributed by atoms with Crippen LogP contribution in [-0.4, -0.2) is 35.7 Å².